The van der Waals surface area contributed by atoms with Crippen molar-refractivity contribution in [2.75, 3.05) is 6.61 Å². The first-order valence-electron chi connectivity index (χ1n) is 10.4. The van der Waals surface area contributed by atoms with E-state index < -0.39 is 0 Å². The van der Waals surface area contributed by atoms with E-state index in [-0.39, 0.29) is 18.9 Å². The molecule has 8 heteroatoms. The SMILES string of the molecule is C[C@H](OCc1ccccc1)[C@@H](COCc1ccccc1)OCn1cnc2c(Cl)ncnc21. The number of rotatable bonds is 11. The van der Waals surface area contributed by atoms with Gasteiger partial charge in [-0.3, -0.25) is 4.57 Å². The van der Waals surface area contributed by atoms with Crippen LogP contribution in [0.5, 0.6) is 0 Å². The van der Waals surface area contributed by atoms with Crippen LogP contribution < -0.4 is 0 Å². The van der Waals surface area contributed by atoms with Crippen LogP contribution in [0.25, 0.3) is 11.2 Å². The quantitative estimate of drug-likeness (QED) is 0.308. The maximum atomic E-state index is 6.19. The Morgan fingerprint density at radius 3 is 2.28 bits per heavy atom. The van der Waals surface area contributed by atoms with Crippen molar-refractivity contribution in [2.24, 2.45) is 0 Å². The van der Waals surface area contributed by atoms with Crippen molar-refractivity contribution in [3.05, 3.63) is 89.6 Å². The van der Waals surface area contributed by atoms with Crippen molar-refractivity contribution in [1.82, 2.24) is 19.5 Å². The number of benzene rings is 2. The molecule has 0 aliphatic carbocycles. The first kappa shape index (κ1) is 22.4. The summed E-state index contributed by atoms with van der Waals surface area (Å²) in [5.74, 6) is 0. The third-order valence-corrected chi connectivity index (χ3v) is 5.33. The van der Waals surface area contributed by atoms with Crippen molar-refractivity contribution in [3.8, 4) is 0 Å². The lowest BCUT2D eigenvalue weighted by Gasteiger charge is -2.25. The smallest absolute Gasteiger partial charge is 0.166 e. The van der Waals surface area contributed by atoms with Crippen molar-refractivity contribution >= 4 is 22.8 Å². The Hall–Kier alpha value is -2.84. The number of halogens is 1. The van der Waals surface area contributed by atoms with Crippen molar-refractivity contribution in [2.45, 2.75) is 39.1 Å². The topological polar surface area (TPSA) is 71.3 Å². The highest BCUT2D eigenvalue weighted by molar-refractivity contribution is 6.33. The van der Waals surface area contributed by atoms with Crippen molar-refractivity contribution in [3.63, 3.8) is 0 Å². The van der Waals surface area contributed by atoms with Crippen LogP contribution in [-0.4, -0.2) is 38.3 Å². The molecule has 7 nitrogen and oxygen atoms in total. The summed E-state index contributed by atoms with van der Waals surface area (Å²) >= 11 is 6.10. The second-order valence-corrected chi connectivity index (χ2v) is 7.75. The van der Waals surface area contributed by atoms with E-state index in [0.29, 0.717) is 36.1 Å². The number of imidazole rings is 1. The predicted molar refractivity (Wildman–Crippen MR) is 122 cm³/mol. The van der Waals surface area contributed by atoms with Gasteiger partial charge >= 0.3 is 0 Å². The lowest BCUT2D eigenvalue weighted by atomic mass is 10.2. The van der Waals surface area contributed by atoms with Gasteiger partial charge in [0.1, 0.15) is 24.7 Å². The molecule has 0 unspecified atom stereocenters. The summed E-state index contributed by atoms with van der Waals surface area (Å²) in [6, 6.07) is 20.1. The van der Waals surface area contributed by atoms with Crippen LogP contribution in [-0.2, 0) is 34.2 Å². The molecule has 0 aliphatic heterocycles. The van der Waals surface area contributed by atoms with Gasteiger partial charge in [0.15, 0.2) is 10.8 Å². The van der Waals surface area contributed by atoms with Gasteiger partial charge in [-0.2, -0.15) is 0 Å². The van der Waals surface area contributed by atoms with E-state index in [1.807, 2.05) is 67.6 Å². The minimum absolute atomic E-state index is 0.195. The van der Waals surface area contributed by atoms with E-state index >= 15 is 0 Å². The lowest BCUT2D eigenvalue weighted by Crippen LogP contribution is -2.34. The predicted octanol–water partition coefficient (Wildman–Crippen LogP) is 4.64. The fourth-order valence-electron chi connectivity index (χ4n) is 3.22. The zero-order valence-electron chi connectivity index (χ0n) is 17.8. The zero-order valence-corrected chi connectivity index (χ0v) is 18.6. The number of nitrogens with zero attached hydrogens (tertiary/aromatic N) is 4. The van der Waals surface area contributed by atoms with Gasteiger partial charge < -0.3 is 14.2 Å². The average Bonchev–Trinajstić information content (AvgIpc) is 3.25. The Morgan fingerprint density at radius 2 is 1.56 bits per heavy atom. The van der Waals surface area contributed by atoms with E-state index in [2.05, 4.69) is 15.0 Å². The normalized spacial score (nSPS) is 13.3. The molecule has 0 saturated carbocycles. The van der Waals surface area contributed by atoms with Gasteiger partial charge in [0, 0.05) is 0 Å². The third-order valence-electron chi connectivity index (χ3n) is 5.06. The van der Waals surface area contributed by atoms with Crippen LogP contribution in [0.1, 0.15) is 18.1 Å². The maximum absolute atomic E-state index is 6.19. The van der Waals surface area contributed by atoms with Gasteiger partial charge in [-0.05, 0) is 18.1 Å². The monoisotopic (exact) mass is 452 g/mol. The summed E-state index contributed by atoms with van der Waals surface area (Å²) < 4.78 is 20.0. The minimum Gasteiger partial charge on any atom is -0.374 e. The first-order valence-corrected chi connectivity index (χ1v) is 10.8. The molecule has 2 heterocycles. The highest BCUT2D eigenvalue weighted by Crippen LogP contribution is 2.18. The second kappa shape index (κ2) is 11.2. The molecule has 2 aromatic carbocycles. The van der Waals surface area contributed by atoms with E-state index in [1.165, 1.54) is 6.33 Å². The Morgan fingerprint density at radius 1 is 0.875 bits per heavy atom. The van der Waals surface area contributed by atoms with Crippen LogP contribution in [0.4, 0.5) is 0 Å². The van der Waals surface area contributed by atoms with Crippen LogP contribution in [0, 0.1) is 0 Å². The highest BCUT2D eigenvalue weighted by Gasteiger charge is 2.20. The fraction of sp³-hybridized carbons (Fsp3) is 0.292. The molecule has 4 rings (SSSR count). The molecule has 0 fully saturated rings. The molecule has 0 aliphatic rings. The van der Waals surface area contributed by atoms with Gasteiger partial charge in [0.2, 0.25) is 0 Å². The standard InChI is InChI=1S/C24H25ClN4O3/c1-18(31-13-20-10-6-3-7-11-20)21(14-30-12-19-8-4-2-5-9-19)32-17-29-16-28-22-23(25)26-15-27-24(22)29/h2-11,15-16,18,21H,12-14,17H2,1H3/t18-,21+/m0/s1. The molecular weight excluding hydrogens is 428 g/mol. The molecule has 0 saturated heterocycles. The molecule has 166 valence electrons. The molecule has 32 heavy (non-hydrogen) atoms. The van der Waals surface area contributed by atoms with Crippen LogP contribution >= 0.6 is 11.6 Å². The number of hydrogen-bond donors (Lipinski definition) is 0. The Balaban J connectivity index is 1.40. The largest absolute Gasteiger partial charge is 0.374 e. The van der Waals surface area contributed by atoms with Crippen LogP contribution in [0.2, 0.25) is 5.15 Å². The number of ether oxygens (including phenoxy) is 3. The van der Waals surface area contributed by atoms with Crippen molar-refractivity contribution < 1.29 is 14.2 Å². The first-order chi connectivity index (χ1) is 15.7. The van der Waals surface area contributed by atoms with E-state index in [1.54, 1.807) is 10.9 Å². The minimum atomic E-state index is -0.294. The van der Waals surface area contributed by atoms with Gasteiger partial charge in [-0.15, -0.1) is 0 Å². The molecule has 2 atom stereocenters. The van der Waals surface area contributed by atoms with E-state index in [4.69, 9.17) is 25.8 Å². The number of fused-ring (bicyclic) bond motifs is 1. The van der Waals surface area contributed by atoms with Gasteiger partial charge in [-0.1, -0.05) is 72.3 Å². The van der Waals surface area contributed by atoms with Crippen molar-refractivity contribution in [1.29, 1.82) is 0 Å². The zero-order chi connectivity index (χ0) is 22.2. The molecular formula is C24H25ClN4O3. The van der Waals surface area contributed by atoms with Gasteiger partial charge in [-0.25, -0.2) is 15.0 Å². The summed E-state index contributed by atoms with van der Waals surface area (Å²) in [6.45, 7) is 3.61. The van der Waals surface area contributed by atoms with Crippen LogP contribution in [0.3, 0.4) is 0 Å². The summed E-state index contributed by atoms with van der Waals surface area (Å²) in [4.78, 5) is 12.5. The lowest BCUT2D eigenvalue weighted by molar-refractivity contribution is -0.121. The fourth-order valence-corrected chi connectivity index (χ4v) is 3.40. The molecule has 0 spiro atoms. The average molecular weight is 453 g/mol. The molecule has 0 N–H and O–H groups in total. The molecule has 4 aromatic rings. The molecule has 2 aromatic heterocycles. The molecule has 0 radical (unpaired) electrons. The Labute approximate surface area is 192 Å². The summed E-state index contributed by atoms with van der Waals surface area (Å²) in [5.41, 5.74) is 3.38. The number of aromatic nitrogens is 4. The van der Waals surface area contributed by atoms with Gasteiger partial charge in [0.25, 0.3) is 0 Å². The third kappa shape index (κ3) is 5.89. The van der Waals surface area contributed by atoms with E-state index in [9.17, 15) is 0 Å². The summed E-state index contributed by atoms with van der Waals surface area (Å²) in [5, 5.41) is 0.316. The number of hydrogen-bond acceptors (Lipinski definition) is 6. The Bertz CT molecular complexity index is 1110. The summed E-state index contributed by atoms with van der Waals surface area (Å²) in [7, 11) is 0. The molecule has 0 bridgehead atoms. The van der Waals surface area contributed by atoms with Gasteiger partial charge in [0.05, 0.1) is 32.3 Å². The molecule has 0 amide bonds. The highest BCUT2D eigenvalue weighted by atomic mass is 35.5. The maximum Gasteiger partial charge on any atom is 0.166 e. The Kier molecular flexibility index (Phi) is 7.79. The second-order valence-electron chi connectivity index (χ2n) is 7.39. The van der Waals surface area contributed by atoms with E-state index in [0.717, 1.165) is 11.1 Å². The van der Waals surface area contributed by atoms with Crippen LogP contribution in [0.15, 0.2) is 73.3 Å². The summed E-state index contributed by atoms with van der Waals surface area (Å²) in [6.07, 6.45) is 2.56.